The van der Waals surface area contributed by atoms with Crippen molar-refractivity contribution in [3.63, 3.8) is 0 Å². The highest BCUT2D eigenvalue weighted by Gasteiger charge is 2.58. The van der Waals surface area contributed by atoms with Gasteiger partial charge in [0.15, 0.2) is 0 Å². The van der Waals surface area contributed by atoms with Gasteiger partial charge in [-0.1, -0.05) is 43.3 Å². The standard InChI is InChI=1S/C22H26O6/c1-2-13-3-5-14(6-4-13)9-15-7-8-16-12-27-22(17(16)10-15)21(26)20(25)19(24)18(11-23)28-22/h3-8,10,18-21,23-26H,2,9,11-12H2,1H3/t18?,19-,20-,21?,22-/m1/s1. The number of ether oxygens (including phenoxy) is 2. The zero-order valence-electron chi connectivity index (χ0n) is 15.8. The molecule has 0 bridgehead atoms. The van der Waals surface area contributed by atoms with Crippen molar-refractivity contribution in [1.29, 1.82) is 0 Å². The van der Waals surface area contributed by atoms with E-state index in [0.717, 1.165) is 17.5 Å². The monoisotopic (exact) mass is 386 g/mol. The highest BCUT2D eigenvalue weighted by Crippen LogP contribution is 2.46. The molecule has 2 aromatic rings. The minimum Gasteiger partial charge on any atom is -0.394 e. The number of aliphatic hydroxyl groups excluding tert-OH is 4. The fourth-order valence-corrected chi connectivity index (χ4v) is 4.06. The van der Waals surface area contributed by atoms with Crippen LogP contribution in [0.3, 0.4) is 0 Å². The van der Waals surface area contributed by atoms with Gasteiger partial charge >= 0.3 is 0 Å². The molecule has 2 aliphatic rings. The van der Waals surface area contributed by atoms with E-state index in [4.69, 9.17) is 9.47 Å². The van der Waals surface area contributed by atoms with Gasteiger partial charge in [0.2, 0.25) is 5.79 Å². The van der Waals surface area contributed by atoms with Crippen LogP contribution in [0.1, 0.15) is 34.7 Å². The number of benzene rings is 2. The van der Waals surface area contributed by atoms with Gasteiger partial charge in [-0.2, -0.15) is 0 Å². The molecule has 4 N–H and O–H groups in total. The fraction of sp³-hybridized carbons (Fsp3) is 0.455. The van der Waals surface area contributed by atoms with Crippen molar-refractivity contribution in [2.45, 2.75) is 56.6 Å². The van der Waals surface area contributed by atoms with Crippen LogP contribution >= 0.6 is 0 Å². The molecule has 2 unspecified atom stereocenters. The van der Waals surface area contributed by atoms with Crippen LogP contribution in [-0.2, 0) is 34.7 Å². The Balaban J connectivity index is 1.66. The van der Waals surface area contributed by atoms with Crippen LogP contribution in [0.2, 0.25) is 0 Å². The Kier molecular flexibility index (Phi) is 5.26. The molecular weight excluding hydrogens is 360 g/mol. The molecule has 6 heteroatoms. The number of hydrogen-bond donors (Lipinski definition) is 4. The summed E-state index contributed by atoms with van der Waals surface area (Å²) >= 11 is 0. The van der Waals surface area contributed by atoms with Crippen molar-refractivity contribution in [2.75, 3.05) is 6.61 Å². The van der Waals surface area contributed by atoms with E-state index in [1.54, 1.807) is 0 Å². The van der Waals surface area contributed by atoms with Gasteiger partial charge < -0.3 is 29.9 Å². The van der Waals surface area contributed by atoms with E-state index < -0.39 is 36.8 Å². The third-order valence-electron chi connectivity index (χ3n) is 5.78. The van der Waals surface area contributed by atoms with Gasteiger partial charge in [-0.05, 0) is 41.2 Å². The highest BCUT2D eigenvalue weighted by molar-refractivity contribution is 5.41. The average Bonchev–Trinajstić information content (AvgIpc) is 3.08. The van der Waals surface area contributed by atoms with E-state index >= 15 is 0 Å². The summed E-state index contributed by atoms with van der Waals surface area (Å²) in [6.07, 6.45) is -3.69. The summed E-state index contributed by atoms with van der Waals surface area (Å²) in [5, 5.41) is 40.5. The molecule has 0 amide bonds. The third kappa shape index (κ3) is 3.16. The van der Waals surface area contributed by atoms with Gasteiger partial charge in [0.05, 0.1) is 13.2 Å². The lowest BCUT2D eigenvalue weighted by Gasteiger charge is -2.46. The van der Waals surface area contributed by atoms with Crippen LogP contribution in [-0.4, -0.2) is 51.4 Å². The Morgan fingerprint density at radius 2 is 1.64 bits per heavy atom. The molecule has 2 heterocycles. The summed E-state index contributed by atoms with van der Waals surface area (Å²) in [4.78, 5) is 0. The minimum absolute atomic E-state index is 0.221. The van der Waals surface area contributed by atoms with Crippen LogP contribution in [0.4, 0.5) is 0 Å². The number of rotatable bonds is 4. The molecule has 1 spiro atoms. The van der Waals surface area contributed by atoms with Gasteiger partial charge in [0.25, 0.3) is 0 Å². The van der Waals surface area contributed by atoms with E-state index in [1.807, 2.05) is 18.2 Å². The molecular formula is C22H26O6. The number of aliphatic hydroxyl groups is 4. The summed E-state index contributed by atoms with van der Waals surface area (Å²) in [5.74, 6) is -1.59. The van der Waals surface area contributed by atoms with E-state index in [0.29, 0.717) is 12.0 Å². The Morgan fingerprint density at radius 3 is 2.32 bits per heavy atom. The summed E-state index contributed by atoms with van der Waals surface area (Å²) in [6.45, 7) is 1.85. The van der Waals surface area contributed by atoms with Gasteiger partial charge in [-0.15, -0.1) is 0 Å². The van der Waals surface area contributed by atoms with E-state index in [9.17, 15) is 20.4 Å². The van der Waals surface area contributed by atoms with Crippen LogP contribution in [0, 0.1) is 0 Å². The predicted molar refractivity (Wildman–Crippen MR) is 102 cm³/mol. The van der Waals surface area contributed by atoms with Crippen LogP contribution < -0.4 is 0 Å². The second-order valence-corrected chi connectivity index (χ2v) is 7.56. The molecule has 2 aliphatic heterocycles. The number of aryl methyl sites for hydroxylation is 1. The summed E-state index contributed by atoms with van der Waals surface area (Å²) in [7, 11) is 0. The second kappa shape index (κ2) is 7.55. The smallest absolute Gasteiger partial charge is 0.225 e. The topological polar surface area (TPSA) is 99.4 Å². The first-order chi connectivity index (χ1) is 13.5. The molecule has 0 aliphatic carbocycles. The van der Waals surface area contributed by atoms with E-state index in [2.05, 4.69) is 31.2 Å². The fourth-order valence-electron chi connectivity index (χ4n) is 4.06. The lowest BCUT2D eigenvalue weighted by atomic mass is 9.86. The van der Waals surface area contributed by atoms with Crippen LogP contribution in [0.15, 0.2) is 42.5 Å². The Morgan fingerprint density at radius 1 is 0.964 bits per heavy atom. The van der Waals surface area contributed by atoms with Gasteiger partial charge in [-0.3, -0.25) is 0 Å². The average molecular weight is 386 g/mol. The van der Waals surface area contributed by atoms with Crippen molar-refractivity contribution in [2.24, 2.45) is 0 Å². The summed E-state index contributed by atoms with van der Waals surface area (Å²) < 4.78 is 11.6. The molecule has 2 aromatic carbocycles. The molecule has 5 atom stereocenters. The normalized spacial score (nSPS) is 31.9. The lowest BCUT2D eigenvalue weighted by Crippen LogP contribution is -2.63. The molecule has 0 saturated carbocycles. The highest BCUT2D eigenvalue weighted by atomic mass is 16.7. The number of hydrogen-bond acceptors (Lipinski definition) is 6. The van der Waals surface area contributed by atoms with Crippen molar-refractivity contribution in [3.05, 3.63) is 70.3 Å². The Bertz CT molecular complexity index is 833. The van der Waals surface area contributed by atoms with Crippen LogP contribution in [0.25, 0.3) is 0 Å². The molecule has 4 rings (SSSR count). The SMILES string of the molecule is CCc1ccc(Cc2ccc3c(c2)[C@@]2(OC3)OC(CO)[C@@H](O)[C@@H](O)C2O)cc1. The summed E-state index contributed by atoms with van der Waals surface area (Å²) in [5.41, 5.74) is 4.95. The largest absolute Gasteiger partial charge is 0.394 e. The predicted octanol–water partition coefficient (Wildman–Crippen LogP) is 0.997. The lowest BCUT2D eigenvalue weighted by molar-refractivity contribution is -0.368. The van der Waals surface area contributed by atoms with Gasteiger partial charge in [0, 0.05) is 5.56 Å². The minimum atomic E-state index is -1.59. The van der Waals surface area contributed by atoms with E-state index in [-0.39, 0.29) is 6.61 Å². The summed E-state index contributed by atoms with van der Waals surface area (Å²) in [6, 6.07) is 14.3. The zero-order valence-corrected chi connectivity index (χ0v) is 15.8. The molecule has 150 valence electrons. The van der Waals surface area contributed by atoms with Crippen molar-refractivity contribution < 1.29 is 29.9 Å². The van der Waals surface area contributed by atoms with E-state index in [1.165, 1.54) is 11.1 Å². The maximum atomic E-state index is 10.7. The first-order valence-electron chi connectivity index (χ1n) is 9.65. The quantitative estimate of drug-likeness (QED) is 0.626. The molecule has 0 aromatic heterocycles. The van der Waals surface area contributed by atoms with Crippen molar-refractivity contribution in [3.8, 4) is 0 Å². The van der Waals surface area contributed by atoms with Crippen LogP contribution in [0.5, 0.6) is 0 Å². The van der Waals surface area contributed by atoms with Gasteiger partial charge in [-0.25, -0.2) is 0 Å². The molecule has 0 radical (unpaired) electrons. The van der Waals surface area contributed by atoms with Crippen molar-refractivity contribution >= 4 is 0 Å². The molecule has 28 heavy (non-hydrogen) atoms. The molecule has 6 nitrogen and oxygen atoms in total. The first kappa shape index (κ1) is 19.5. The zero-order chi connectivity index (χ0) is 19.9. The number of fused-ring (bicyclic) bond motifs is 2. The molecule has 1 saturated heterocycles. The second-order valence-electron chi connectivity index (χ2n) is 7.56. The van der Waals surface area contributed by atoms with Crippen molar-refractivity contribution in [1.82, 2.24) is 0 Å². The third-order valence-corrected chi connectivity index (χ3v) is 5.78. The first-order valence-corrected chi connectivity index (χ1v) is 9.65. The Hall–Kier alpha value is -1.80. The molecule has 1 fully saturated rings. The Labute approximate surface area is 164 Å². The van der Waals surface area contributed by atoms with Gasteiger partial charge in [0.1, 0.15) is 24.4 Å². The maximum absolute atomic E-state index is 10.7. The maximum Gasteiger partial charge on any atom is 0.225 e.